The van der Waals surface area contributed by atoms with Crippen LogP contribution >= 0.6 is 39.0 Å². The number of ether oxygens (including phenoxy) is 1. The van der Waals surface area contributed by atoms with Crippen molar-refractivity contribution in [2.45, 2.75) is 29.7 Å². The summed E-state index contributed by atoms with van der Waals surface area (Å²) in [6, 6.07) is 16.4. The van der Waals surface area contributed by atoms with Gasteiger partial charge in [-0.15, -0.1) is 0 Å². The lowest BCUT2D eigenvalue weighted by molar-refractivity contribution is -0.144. The molecule has 3 heterocycles. The van der Waals surface area contributed by atoms with Crippen LogP contribution < -0.4 is 9.77 Å². The molecule has 3 atom stereocenters. The van der Waals surface area contributed by atoms with E-state index in [1.165, 1.54) is 21.2 Å². The second-order valence-electron chi connectivity index (χ2n) is 7.87. The Morgan fingerprint density at radius 2 is 1.74 bits per heavy atom. The van der Waals surface area contributed by atoms with E-state index in [0.29, 0.717) is 15.6 Å². The van der Waals surface area contributed by atoms with Gasteiger partial charge in [0.05, 0.1) is 23.2 Å². The van der Waals surface area contributed by atoms with Crippen molar-refractivity contribution in [3.8, 4) is 0 Å². The van der Waals surface area contributed by atoms with E-state index in [9.17, 15) is 19.2 Å². The van der Waals surface area contributed by atoms with Crippen molar-refractivity contribution in [2.24, 2.45) is 5.92 Å². The number of halogens is 1. The van der Waals surface area contributed by atoms with Crippen LogP contribution in [0, 0.1) is 5.92 Å². The van der Waals surface area contributed by atoms with E-state index in [1.807, 2.05) is 30.3 Å². The summed E-state index contributed by atoms with van der Waals surface area (Å²) in [5, 5.41) is -0.162. The van der Waals surface area contributed by atoms with Crippen molar-refractivity contribution >= 4 is 62.5 Å². The van der Waals surface area contributed by atoms with Gasteiger partial charge in [0.2, 0.25) is 11.8 Å². The van der Waals surface area contributed by atoms with Gasteiger partial charge in [-0.05, 0) is 36.8 Å². The number of amides is 2. The number of para-hydroxylation sites is 1. The van der Waals surface area contributed by atoms with Crippen molar-refractivity contribution in [3.05, 3.63) is 79.2 Å². The molecule has 1 saturated heterocycles. The molecule has 0 N–H and O–H groups in total. The van der Waals surface area contributed by atoms with Gasteiger partial charge in [0.15, 0.2) is 0 Å². The molecule has 34 heavy (non-hydrogen) atoms. The molecule has 7 nitrogen and oxygen atoms in total. The molecule has 2 aromatic carbocycles. The molecule has 0 radical (unpaired) electrons. The summed E-state index contributed by atoms with van der Waals surface area (Å²) >= 11 is 5.65. The lowest BCUT2D eigenvalue weighted by atomic mass is 9.83. The second kappa shape index (κ2) is 9.16. The van der Waals surface area contributed by atoms with Gasteiger partial charge in [-0.25, -0.2) is 4.90 Å². The molecule has 2 aliphatic rings. The minimum Gasteiger partial charge on any atom is -0.465 e. The highest BCUT2D eigenvalue weighted by Crippen LogP contribution is 2.53. The Kier molecular flexibility index (Phi) is 6.22. The number of fused-ring (bicyclic) bond motifs is 2. The number of carbonyl (C=O) groups is 3. The first-order valence-electron chi connectivity index (χ1n) is 10.6. The fraction of sp³-hybridized carbons (Fsp3) is 0.250. The molecule has 3 aromatic rings. The number of aromatic nitrogens is 1. The highest BCUT2D eigenvalue weighted by Gasteiger charge is 2.56. The van der Waals surface area contributed by atoms with Crippen molar-refractivity contribution < 1.29 is 19.1 Å². The monoisotopic (exact) mass is 558 g/mol. The summed E-state index contributed by atoms with van der Waals surface area (Å²) in [7, 11) is 0. The van der Waals surface area contributed by atoms with Crippen LogP contribution in [0.2, 0.25) is 0 Å². The van der Waals surface area contributed by atoms with E-state index >= 15 is 0 Å². The van der Waals surface area contributed by atoms with E-state index in [0.717, 1.165) is 21.4 Å². The number of nitrogens with zero attached hydrogens (tertiary/aromatic N) is 2. The first kappa shape index (κ1) is 23.1. The fourth-order valence-corrected chi connectivity index (χ4v) is 7.49. The minimum absolute atomic E-state index is 0.207. The number of thioether (sulfide) groups is 1. The standard InChI is InChI=1S/C24H19BrN2O5S2/c1-2-32-16(28)12-26-23-20(34-24(26)31)17(13-8-10-14(25)11-9-13)18-19(33-23)22(30)27(21(18)29)15-6-4-3-5-7-15/h3-11,17-19H,2,12H2,1H3/t17-,18?,19?/m1/s1. The zero-order valence-corrected chi connectivity index (χ0v) is 21.2. The molecular weight excluding hydrogens is 540 g/mol. The predicted molar refractivity (Wildman–Crippen MR) is 133 cm³/mol. The van der Waals surface area contributed by atoms with Crippen molar-refractivity contribution in [1.29, 1.82) is 0 Å². The molecule has 0 bridgehead atoms. The second-order valence-corrected chi connectivity index (χ2v) is 10.9. The molecule has 10 heteroatoms. The van der Waals surface area contributed by atoms with Crippen molar-refractivity contribution in [1.82, 2.24) is 4.57 Å². The Hall–Kier alpha value is -2.69. The summed E-state index contributed by atoms with van der Waals surface area (Å²) in [6.07, 6.45) is 0. The topological polar surface area (TPSA) is 85.7 Å². The van der Waals surface area contributed by atoms with Gasteiger partial charge in [0, 0.05) is 15.3 Å². The molecular formula is C24H19BrN2O5S2. The van der Waals surface area contributed by atoms with E-state index in [1.54, 1.807) is 31.2 Å². The molecule has 0 aliphatic carbocycles. The lowest BCUT2D eigenvalue weighted by Crippen LogP contribution is -2.32. The minimum atomic E-state index is -0.712. The third-order valence-electron chi connectivity index (χ3n) is 5.89. The zero-order valence-electron chi connectivity index (χ0n) is 18.0. The summed E-state index contributed by atoms with van der Waals surface area (Å²) in [4.78, 5) is 54.0. The highest BCUT2D eigenvalue weighted by molar-refractivity contribution is 9.10. The van der Waals surface area contributed by atoms with Gasteiger partial charge in [-0.1, -0.05) is 69.4 Å². The normalized spacial score (nSPS) is 21.4. The Bertz CT molecular complexity index is 1340. The van der Waals surface area contributed by atoms with Crippen LogP contribution in [0.1, 0.15) is 23.3 Å². The Morgan fingerprint density at radius 3 is 2.41 bits per heavy atom. The van der Waals surface area contributed by atoms with Crippen LogP contribution in [-0.4, -0.2) is 34.2 Å². The highest BCUT2D eigenvalue weighted by atomic mass is 79.9. The summed E-state index contributed by atoms with van der Waals surface area (Å²) in [6.45, 7) is 1.67. The molecule has 1 fully saturated rings. The molecule has 2 unspecified atom stereocenters. The van der Waals surface area contributed by atoms with Crippen LogP contribution in [0.15, 0.2) is 68.9 Å². The number of carbonyl (C=O) groups excluding carboxylic acids is 3. The van der Waals surface area contributed by atoms with E-state index in [2.05, 4.69) is 15.9 Å². The maximum absolute atomic E-state index is 13.7. The number of benzene rings is 2. The third kappa shape index (κ3) is 3.83. The number of thiazole rings is 1. The van der Waals surface area contributed by atoms with Crippen molar-refractivity contribution in [3.63, 3.8) is 0 Å². The first-order chi connectivity index (χ1) is 16.4. The summed E-state index contributed by atoms with van der Waals surface area (Å²) < 4.78 is 7.30. The molecule has 2 aliphatic heterocycles. The number of rotatable bonds is 5. The average molecular weight is 559 g/mol. The maximum atomic E-state index is 13.7. The SMILES string of the molecule is CCOC(=O)Cn1c2c(sc1=O)[C@H](c1ccc(Br)cc1)C1C(=O)N(c3ccccc3)C(=O)C1S2. The van der Waals surface area contributed by atoms with Crippen LogP contribution in [0.4, 0.5) is 5.69 Å². The average Bonchev–Trinajstić information content (AvgIpc) is 3.26. The number of esters is 1. The molecule has 0 spiro atoms. The van der Waals surface area contributed by atoms with Crippen molar-refractivity contribution in [2.75, 3.05) is 11.5 Å². The van der Waals surface area contributed by atoms with Crippen LogP contribution in [-0.2, 0) is 25.7 Å². The number of anilines is 1. The van der Waals surface area contributed by atoms with E-state index in [4.69, 9.17) is 4.74 Å². The van der Waals surface area contributed by atoms with Gasteiger partial charge in [0.1, 0.15) is 11.8 Å². The maximum Gasteiger partial charge on any atom is 0.326 e. The van der Waals surface area contributed by atoms with Gasteiger partial charge < -0.3 is 4.74 Å². The Balaban J connectivity index is 1.65. The Morgan fingerprint density at radius 1 is 1.03 bits per heavy atom. The Labute approximate surface area is 211 Å². The third-order valence-corrected chi connectivity index (χ3v) is 9.02. The summed E-state index contributed by atoms with van der Waals surface area (Å²) in [5.41, 5.74) is 1.36. The number of hydrogen-bond acceptors (Lipinski definition) is 7. The van der Waals surface area contributed by atoms with E-state index < -0.39 is 23.1 Å². The van der Waals surface area contributed by atoms with Crippen LogP contribution in [0.25, 0.3) is 0 Å². The molecule has 1 aromatic heterocycles. The van der Waals surface area contributed by atoms with E-state index in [-0.39, 0.29) is 29.8 Å². The number of imide groups is 1. The summed E-state index contributed by atoms with van der Waals surface area (Å²) in [5.74, 6) is -2.28. The molecule has 2 amide bonds. The van der Waals surface area contributed by atoms with Gasteiger partial charge in [-0.3, -0.25) is 23.7 Å². The predicted octanol–water partition coefficient (Wildman–Crippen LogP) is 4.03. The lowest BCUT2D eigenvalue weighted by Gasteiger charge is -2.30. The zero-order chi connectivity index (χ0) is 24.0. The van der Waals surface area contributed by atoms with Gasteiger partial charge in [0.25, 0.3) is 0 Å². The molecule has 174 valence electrons. The smallest absolute Gasteiger partial charge is 0.326 e. The quantitative estimate of drug-likeness (QED) is 0.347. The van der Waals surface area contributed by atoms with Crippen LogP contribution in [0.3, 0.4) is 0 Å². The first-order valence-corrected chi connectivity index (χ1v) is 13.1. The molecule has 0 saturated carbocycles. The largest absolute Gasteiger partial charge is 0.465 e. The van der Waals surface area contributed by atoms with Gasteiger partial charge >= 0.3 is 10.8 Å². The van der Waals surface area contributed by atoms with Crippen LogP contribution in [0.5, 0.6) is 0 Å². The molecule has 5 rings (SSSR count). The number of hydrogen-bond donors (Lipinski definition) is 0. The fourth-order valence-electron chi connectivity index (χ4n) is 4.45. The van der Waals surface area contributed by atoms with Gasteiger partial charge in [-0.2, -0.15) is 0 Å².